The summed E-state index contributed by atoms with van der Waals surface area (Å²) < 4.78 is 5.12. The Balaban J connectivity index is 1.95. The van der Waals surface area contributed by atoms with Crippen molar-refractivity contribution in [2.75, 3.05) is 18.6 Å². The van der Waals surface area contributed by atoms with Crippen molar-refractivity contribution in [1.29, 1.82) is 0 Å². The van der Waals surface area contributed by atoms with Crippen LogP contribution in [0.4, 0.5) is 0 Å². The Hall–Kier alpha value is -0.220. The largest absolute Gasteiger partial charge is 0.468 e. The van der Waals surface area contributed by atoms with Crippen molar-refractivity contribution >= 4 is 17.7 Å². The summed E-state index contributed by atoms with van der Waals surface area (Å²) in [4.78, 5) is 12.3. The lowest BCUT2D eigenvalue weighted by Crippen LogP contribution is -2.56. The van der Waals surface area contributed by atoms with Gasteiger partial charge in [0, 0.05) is 6.04 Å². The predicted molar refractivity (Wildman–Crippen MR) is 80.5 cm³/mol. The van der Waals surface area contributed by atoms with Crippen LogP contribution in [-0.4, -0.2) is 36.2 Å². The minimum atomic E-state index is -0.372. The number of rotatable bonds is 8. The number of hydrogen-bond donors (Lipinski definition) is 1. The van der Waals surface area contributed by atoms with E-state index in [0.717, 1.165) is 19.3 Å². The molecule has 2 atom stereocenters. The molecule has 0 amide bonds. The van der Waals surface area contributed by atoms with E-state index in [1.54, 1.807) is 0 Å². The second-order valence-corrected chi connectivity index (χ2v) is 7.10. The lowest BCUT2D eigenvalue weighted by molar-refractivity contribution is -0.150. The molecule has 0 saturated heterocycles. The van der Waals surface area contributed by atoms with Gasteiger partial charge in [0.1, 0.15) is 5.54 Å². The van der Waals surface area contributed by atoms with Crippen molar-refractivity contribution in [3.05, 3.63) is 0 Å². The molecule has 0 spiro atoms. The smallest absolute Gasteiger partial charge is 0.326 e. The van der Waals surface area contributed by atoms with E-state index in [1.165, 1.54) is 44.3 Å². The predicted octanol–water partition coefficient (Wildman–Crippen LogP) is 2.98. The van der Waals surface area contributed by atoms with Gasteiger partial charge in [-0.05, 0) is 55.9 Å². The number of nitrogens with one attached hydrogen (secondary N) is 1. The summed E-state index contributed by atoms with van der Waals surface area (Å²) in [6, 6.07) is 0.558. The molecule has 110 valence electrons. The fourth-order valence-electron chi connectivity index (χ4n) is 3.23. The fourth-order valence-corrected chi connectivity index (χ4v) is 4.18. The second-order valence-electron chi connectivity index (χ2n) is 5.87. The molecule has 2 unspecified atom stereocenters. The molecule has 1 N–H and O–H groups in total. The molecule has 0 aromatic carbocycles. The molecule has 2 fully saturated rings. The molecule has 4 heteroatoms. The molecule has 19 heavy (non-hydrogen) atoms. The first kappa shape index (κ1) is 15.2. The third kappa shape index (κ3) is 3.66. The van der Waals surface area contributed by atoms with Gasteiger partial charge in [0.05, 0.1) is 7.11 Å². The Morgan fingerprint density at radius 1 is 1.37 bits per heavy atom. The first-order valence-corrected chi connectivity index (χ1v) is 8.82. The first-order chi connectivity index (χ1) is 9.23. The number of carbonyl (C=O) groups is 1. The van der Waals surface area contributed by atoms with E-state index in [1.807, 2.05) is 11.8 Å². The fraction of sp³-hybridized carbons (Fsp3) is 0.933. The van der Waals surface area contributed by atoms with E-state index in [0.29, 0.717) is 12.0 Å². The van der Waals surface area contributed by atoms with Gasteiger partial charge >= 0.3 is 5.97 Å². The lowest BCUT2D eigenvalue weighted by Gasteiger charge is -2.34. The van der Waals surface area contributed by atoms with Crippen LogP contribution in [-0.2, 0) is 9.53 Å². The van der Waals surface area contributed by atoms with Crippen molar-refractivity contribution < 1.29 is 9.53 Å². The van der Waals surface area contributed by atoms with Gasteiger partial charge in [-0.2, -0.15) is 11.8 Å². The number of ether oxygens (including phenoxy) is 1. The van der Waals surface area contributed by atoms with Gasteiger partial charge in [0.25, 0.3) is 0 Å². The topological polar surface area (TPSA) is 38.3 Å². The maximum absolute atomic E-state index is 12.3. The normalized spacial score (nSPS) is 30.5. The van der Waals surface area contributed by atoms with Crippen molar-refractivity contribution in [3.8, 4) is 0 Å². The van der Waals surface area contributed by atoms with Gasteiger partial charge in [0.2, 0.25) is 0 Å². The summed E-state index contributed by atoms with van der Waals surface area (Å²) in [7, 11) is 1.53. The highest BCUT2D eigenvalue weighted by atomic mass is 32.2. The minimum Gasteiger partial charge on any atom is -0.468 e. The van der Waals surface area contributed by atoms with Gasteiger partial charge in [-0.3, -0.25) is 10.1 Å². The van der Waals surface area contributed by atoms with Gasteiger partial charge in [-0.1, -0.05) is 13.3 Å². The average molecular weight is 285 g/mol. The molecule has 2 rings (SSSR count). The molecule has 3 nitrogen and oxygen atoms in total. The Kier molecular flexibility index (Phi) is 5.58. The minimum absolute atomic E-state index is 0.0256. The summed E-state index contributed by atoms with van der Waals surface area (Å²) in [6.07, 6.45) is 8.09. The third-order valence-corrected chi connectivity index (χ3v) is 5.59. The number of thioether (sulfide) groups is 1. The highest BCUT2D eigenvalue weighted by molar-refractivity contribution is 7.99. The number of methoxy groups -OCH3 is 1. The number of carbonyl (C=O) groups excluding carboxylic acids is 1. The molecular formula is C15H27NO2S. The van der Waals surface area contributed by atoms with Crippen molar-refractivity contribution in [1.82, 2.24) is 5.32 Å². The monoisotopic (exact) mass is 285 g/mol. The van der Waals surface area contributed by atoms with E-state index in [2.05, 4.69) is 12.2 Å². The van der Waals surface area contributed by atoms with E-state index >= 15 is 0 Å². The van der Waals surface area contributed by atoms with E-state index in [9.17, 15) is 4.79 Å². The second kappa shape index (κ2) is 6.98. The first-order valence-electron chi connectivity index (χ1n) is 7.66. The molecule has 0 radical (unpaired) electrons. The SMILES string of the molecule is CCCSCCC1CCCC1(NC1CC1)C(=O)OC. The van der Waals surface area contributed by atoms with Gasteiger partial charge in [-0.25, -0.2) is 0 Å². The number of hydrogen-bond acceptors (Lipinski definition) is 4. The van der Waals surface area contributed by atoms with Crippen LogP contribution >= 0.6 is 11.8 Å². The van der Waals surface area contributed by atoms with Gasteiger partial charge in [0.15, 0.2) is 0 Å². The molecule has 0 heterocycles. The Morgan fingerprint density at radius 3 is 2.79 bits per heavy atom. The van der Waals surface area contributed by atoms with E-state index in [-0.39, 0.29) is 11.5 Å². The zero-order chi connectivity index (χ0) is 13.7. The highest BCUT2D eigenvalue weighted by Crippen LogP contribution is 2.41. The Bertz CT molecular complexity index is 307. The lowest BCUT2D eigenvalue weighted by atomic mass is 9.84. The van der Waals surface area contributed by atoms with Crippen LogP contribution < -0.4 is 5.32 Å². The maximum atomic E-state index is 12.3. The molecule has 2 saturated carbocycles. The standard InChI is InChI=1S/C15H27NO2S/c1-3-10-19-11-8-12-5-4-9-15(12,14(17)18-2)16-13-6-7-13/h12-13,16H,3-11H2,1-2H3. The summed E-state index contributed by atoms with van der Waals surface area (Å²) in [5.74, 6) is 2.84. The molecule has 0 aromatic heterocycles. The van der Waals surface area contributed by atoms with Crippen LogP contribution in [0.25, 0.3) is 0 Å². The third-order valence-electron chi connectivity index (χ3n) is 4.37. The zero-order valence-electron chi connectivity index (χ0n) is 12.2. The Labute approximate surface area is 121 Å². The van der Waals surface area contributed by atoms with E-state index < -0.39 is 0 Å². The molecule has 0 aromatic rings. The molecule has 2 aliphatic carbocycles. The van der Waals surface area contributed by atoms with Gasteiger partial charge < -0.3 is 4.74 Å². The summed E-state index contributed by atoms with van der Waals surface area (Å²) in [6.45, 7) is 2.22. The quantitative estimate of drug-likeness (QED) is 0.549. The van der Waals surface area contributed by atoms with Crippen LogP contribution in [0.3, 0.4) is 0 Å². The molecule has 2 aliphatic rings. The van der Waals surface area contributed by atoms with Crippen molar-refractivity contribution in [2.24, 2.45) is 5.92 Å². The average Bonchev–Trinajstić information content (AvgIpc) is 3.14. The highest BCUT2D eigenvalue weighted by Gasteiger charge is 2.51. The van der Waals surface area contributed by atoms with Crippen LogP contribution in [0.1, 0.15) is 51.9 Å². The molecular weight excluding hydrogens is 258 g/mol. The molecule has 0 bridgehead atoms. The summed E-state index contributed by atoms with van der Waals surface area (Å²) in [5, 5.41) is 3.62. The van der Waals surface area contributed by atoms with Crippen molar-refractivity contribution in [3.63, 3.8) is 0 Å². The molecule has 0 aliphatic heterocycles. The summed E-state index contributed by atoms with van der Waals surface area (Å²) >= 11 is 2.01. The van der Waals surface area contributed by atoms with Gasteiger partial charge in [-0.15, -0.1) is 0 Å². The summed E-state index contributed by atoms with van der Waals surface area (Å²) in [5.41, 5.74) is -0.372. The van der Waals surface area contributed by atoms with Crippen molar-refractivity contribution in [2.45, 2.75) is 63.5 Å². The van der Waals surface area contributed by atoms with Crippen LogP contribution in [0.5, 0.6) is 0 Å². The maximum Gasteiger partial charge on any atom is 0.326 e. The Morgan fingerprint density at radius 2 is 2.16 bits per heavy atom. The zero-order valence-corrected chi connectivity index (χ0v) is 13.1. The van der Waals surface area contributed by atoms with Crippen LogP contribution in [0.15, 0.2) is 0 Å². The number of esters is 1. The van der Waals surface area contributed by atoms with Crippen LogP contribution in [0, 0.1) is 5.92 Å². The van der Waals surface area contributed by atoms with E-state index in [4.69, 9.17) is 4.74 Å². The van der Waals surface area contributed by atoms with Crippen LogP contribution in [0.2, 0.25) is 0 Å².